The highest BCUT2D eigenvalue weighted by Gasteiger charge is 2.54. The molecular weight excluding hydrogens is 320 g/mol. The van der Waals surface area contributed by atoms with Crippen LogP contribution in [0.4, 0.5) is 11.5 Å². The van der Waals surface area contributed by atoms with E-state index in [-0.39, 0.29) is 18.3 Å². The molecule has 1 spiro atoms. The number of aryl methyl sites for hydroxylation is 1. The van der Waals surface area contributed by atoms with Crippen LogP contribution in [-0.2, 0) is 21.4 Å². The molecule has 1 atom stereocenters. The van der Waals surface area contributed by atoms with Crippen molar-refractivity contribution in [3.8, 4) is 0 Å². The molecule has 0 aromatic carbocycles. The molecule has 1 aromatic rings. The van der Waals surface area contributed by atoms with Gasteiger partial charge in [-0.25, -0.2) is 0 Å². The summed E-state index contributed by atoms with van der Waals surface area (Å²) in [6.07, 6.45) is 6.10. The summed E-state index contributed by atoms with van der Waals surface area (Å²) in [7, 11) is 1.89. The zero-order valence-corrected chi connectivity index (χ0v) is 15.0. The number of amides is 1. The summed E-state index contributed by atoms with van der Waals surface area (Å²) < 4.78 is 7.43. The second-order valence-corrected chi connectivity index (χ2v) is 7.59. The maximum absolute atomic E-state index is 13.1. The predicted octanol–water partition coefficient (Wildman–Crippen LogP) is 2.14. The van der Waals surface area contributed by atoms with Gasteiger partial charge in [0.2, 0.25) is 5.91 Å². The van der Waals surface area contributed by atoms with Gasteiger partial charge in [0.15, 0.2) is 5.82 Å². The highest BCUT2D eigenvalue weighted by atomic mass is 16.6. The molecule has 7 nitrogen and oxygen atoms in total. The summed E-state index contributed by atoms with van der Waals surface area (Å²) in [6.45, 7) is 3.90. The summed E-state index contributed by atoms with van der Waals surface area (Å²) in [5, 5.41) is 7.70. The minimum absolute atomic E-state index is 0.107. The van der Waals surface area contributed by atoms with Crippen molar-refractivity contribution < 1.29 is 14.3 Å². The molecule has 1 N–H and O–H groups in total. The Morgan fingerprint density at radius 2 is 1.92 bits per heavy atom. The van der Waals surface area contributed by atoms with Gasteiger partial charge in [0, 0.05) is 20.1 Å². The van der Waals surface area contributed by atoms with Gasteiger partial charge in [-0.15, -0.1) is 0 Å². The first kappa shape index (κ1) is 16.4. The molecule has 1 saturated carbocycles. The van der Waals surface area contributed by atoms with Crippen molar-refractivity contribution in [2.45, 2.75) is 57.5 Å². The number of nitrogens with one attached hydrogen (secondary N) is 1. The fourth-order valence-corrected chi connectivity index (χ4v) is 4.55. The maximum atomic E-state index is 13.1. The molecule has 1 amide bonds. The van der Waals surface area contributed by atoms with Crippen LogP contribution in [0.15, 0.2) is 0 Å². The number of anilines is 2. The SMILES string of the molecule is Cc1c(NC(=O)C2CC(=O)OC23CCCC3)c(N2CCCC2)nn1C. The Hall–Kier alpha value is -2.05. The zero-order chi connectivity index (χ0) is 17.6. The summed E-state index contributed by atoms with van der Waals surface area (Å²) in [4.78, 5) is 27.2. The Morgan fingerprint density at radius 3 is 2.60 bits per heavy atom. The minimum atomic E-state index is -0.578. The van der Waals surface area contributed by atoms with Gasteiger partial charge in [-0.05, 0) is 45.4 Å². The summed E-state index contributed by atoms with van der Waals surface area (Å²) >= 11 is 0. The van der Waals surface area contributed by atoms with Crippen LogP contribution in [0.25, 0.3) is 0 Å². The van der Waals surface area contributed by atoms with E-state index in [1.165, 1.54) is 0 Å². The number of carbonyl (C=O) groups is 2. The highest BCUT2D eigenvalue weighted by Crippen LogP contribution is 2.46. The van der Waals surface area contributed by atoms with Crippen molar-refractivity contribution in [2.75, 3.05) is 23.3 Å². The molecule has 7 heteroatoms. The molecule has 136 valence electrons. The quantitative estimate of drug-likeness (QED) is 0.849. The van der Waals surface area contributed by atoms with Crippen LogP contribution < -0.4 is 10.2 Å². The smallest absolute Gasteiger partial charge is 0.307 e. The van der Waals surface area contributed by atoms with E-state index in [4.69, 9.17) is 4.74 Å². The number of aromatic nitrogens is 2. The van der Waals surface area contributed by atoms with E-state index in [9.17, 15) is 9.59 Å². The molecule has 1 unspecified atom stereocenters. The average Bonchev–Trinajstić information content (AvgIpc) is 3.34. The van der Waals surface area contributed by atoms with Gasteiger partial charge in [0.05, 0.1) is 18.0 Å². The molecule has 4 rings (SSSR count). The van der Waals surface area contributed by atoms with E-state index in [1.54, 1.807) is 0 Å². The van der Waals surface area contributed by atoms with Gasteiger partial charge in [0.25, 0.3) is 0 Å². The molecule has 25 heavy (non-hydrogen) atoms. The van der Waals surface area contributed by atoms with Crippen molar-refractivity contribution in [1.29, 1.82) is 0 Å². The number of carbonyl (C=O) groups excluding carboxylic acids is 2. The second-order valence-electron chi connectivity index (χ2n) is 7.59. The topological polar surface area (TPSA) is 76.5 Å². The molecule has 3 fully saturated rings. The Morgan fingerprint density at radius 1 is 1.24 bits per heavy atom. The van der Waals surface area contributed by atoms with Crippen LogP contribution in [0.5, 0.6) is 0 Å². The van der Waals surface area contributed by atoms with E-state index >= 15 is 0 Å². The molecule has 3 aliphatic rings. The lowest BCUT2D eigenvalue weighted by Gasteiger charge is -2.28. The second kappa shape index (κ2) is 6.04. The lowest BCUT2D eigenvalue weighted by molar-refractivity contribution is -0.149. The van der Waals surface area contributed by atoms with Crippen molar-refractivity contribution in [3.63, 3.8) is 0 Å². The van der Waals surface area contributed by atoms with Crippen LogP contribution in [0.1, 0.15) is 50.6 Å². The lowest BCUT2D eigenvalue weighted by Crippen LogP contribution is -2.39. The van der Waals surface area contributed by atoms with Gasteiger partial charge in [-0.2, -0.15) is 5.10 Å². The van der Waals surface area contributed by atoms with Gasteiger partial charge in [0.1, 0.15) is 11.3 Å². The monoisotopic (exact) mass is 346 g/mol. The van der Waals surface area contributed by atoms with Gasteiger partial charge >= 0.3 is 5.97 Å². The third kappa shape index (κ3) is 2.69. The van der Waals surface area contributed by atoms with Crippen LogP contribution in [0, 0.1) is 12.8 Å². The molecule has 2 aliphatic heterocycles. The third-order valence-electron chi connectivity index (χ3n) is 6.06. The Kier molecular flexibility index (Phi) is 3.96. The van der Waals surface area contributed by atoms with Crippen molar-refractivity contribution in [3.05, 3.63) is 5.69 Å². The standard InChI is InChI=1S/C18H26N4O3/c1-12-15(16(20-21(12)2)22-9-5-6-10-22)19-17(24)13-11-14(23)25-18(13)7-3-4-8-18/h13H,3-11H2,1-2H3,(H,19,24). The minimum Gasteiger partial charge on any atom is -0.458 e. The van der Waals surface area contributed by atoms with Crippen LogP contribution in [0.3, 0.4) is 0 Å². The summed E-state index contributed by atoms with van der Waals surface area (Å²) in [6, 6.07) is 0. The number of hydrogen-bond acceptors (Lipinski definition) is 5. The lowest BCUT2D eigenvalue weighted by atomic mass is 9.85. The number of ether oxygens (including phenoxy) is 1. The fraction of sp³-hybridized carbons (Fsp3) is 0.722. The van der Waals surface area contributed by atoms with Crippen LogP contribution >= 0.6 is 0 Å². The molecule has 1 aliphatic carbocycles. The van der Waals surface area contributed by atoms with Gasteiger partial charge < -0.3 is 15.0 Å². The van der Waals surface area contributed by atoms with E-state index in [0.29, 0.717) is 0 Å². The Bertz CT molecular complexity index is 699. The Balaban J connectivity index is 1.59. The first-order chi connectivity index (χ1) is 12.0. The van der Waals surface area contributed by atoms with Crippen molar-refractivity contribution in [1.82, 2.24) is 9.78 Å². The largest absolute Gasteiger partial charge is 0.458 e. The summed E-state index contributed by atoms with van der Waals surface area (Å²) in [5.41, 5.74) is 1.13. The van der Waals surface area contributed by atoms with E-state index < -0.39 is 11.5 Å². The van der Waals surface area contributed by atoms with Gasteiger partial charge in [-0.1, -0.05) is 0 Å². The first-order valence-electron chi connectivity index (χ1n) is 9.31. The van der Waals surface area contributed by atoms with Crippen molar-refractivity contribution >= 4 is 23.4 Å². The molecule has 1 aromatic heterocycles. The number of esters is 1. The van der Waals surface area contributed by atoms with E-state index in [2.05, 4.69) is 15.3 Å². The predicted molar refractivity (Wildman–Crippen MR) is 93.4 cm³/mol. The summed E-state index contributed by atoms with van der Waals surface area (Å²) in [5.74, 6) is 0.0964. The molecule has 2 saturated heterocycles. The van der Waals surface area contributed by atoms with E-state index in [0.717, 1.165) is 68.8 Å². The fourth-order valence-electron chi connectivity index (χ4n) is 4.55. The number of hydrogen-bond donors (Lipinski definition) is 1. The zero-order valence-electron chi connectivity index (χ0n) is 15.0. The molecule has 0 bridgehead atoms. The van der Waals surface area contributed by atoms with Gasteiger partial charge in [-0.3, -0.25) is 14.3 Å². The average molecular weight is 346 g/mol. The Labute approximate surface area is 147 Å². The van der Waals surface area contributed by atoms with Crippen LogP contribution in [0.2, 0.25) is 0 Å². The van der Waals surface area contributed by atoms with E-state index in [1.807, 2.05) is 18.7 Å². The molecule has 3 heterocycles. The molecule has 0 radical (unpaired) electrons. The third-order valence-corrected chi connectivity index (χ3v) is 6.06. The van der Waals surface area contributed by atoms with Crippen LogP contribution in [-0.4, -0.2) is 40.3 Å². The molecular formula is C18H26N4O3. The normalized spacial score (nSPS) is 25.0. The maximum Gasteiger partial charge on any atom is 0.307 e. The highest BCUT2D eigenvalue weighted by molar-refractivity contribution is 5.99. The van der Waals surface area contributed by atoms with Crippen molar-refractivity contribution in [2.24, 2.45) is 13.0 Å². The first-order valence-corrected chi connectivity index (χ1v) is 9.31. The number of rotatable bonds is 3. The number of nitrogens with zero attached hydrogens (tertiary/aromatic N) is 3.